The molecule has 130 valence electrons. The first-order valence-electron chi connectivity index (χ1n) is 8.65. The Morgan fingerprint density at radius 1 is 1.38 bits per heavy atom. The van der Waals surface area contributed by atoms with Crippen LogP contribution >= 0.6 is 0 Å². The zero-order valence-electron chi connectivity index (χ0n) is 14.2. The van der Waals surface area contributed by atoms with Crippen LogP contribution < -0.4 is 0 Å². The Hall–Kier alpha value is -1.95. The van der Waals surface area contributed by atoms with Gasteiger partial charge < -0.3 is 14.5 Å². The number of aromatic nitrogens is 1. The van der Waals surface area contributed by atoms with Crippen LogP contribution in [0, 0.1) is 0 Å². The fraction of sp³-hybridized carbons (Fsp3) is 0.611. The molecule has 1 atom stereocenters. The summed E-state index contributed by atoms with van der Waals surface area (Å²) < 4.78 is 5.19. The summed E-state index contributed by atoms with van der Waals surface area (Å²) in [5.74, 6) is 0.195. The largest absolute Gasteiger partial charge is 0.383 e. The molecule has 0 unspecified atom stereocenters. The number of carbonyl (C=O) groups excluding carboxylic acids is 2. The van der Waals surface area contributed by atoms with Crippen LogP contribution in [0.4, 0.5) is 0 Å². The molecule has 24 heavy (non-hydrogen) atoms. The number of carbonyl (C=O) groups is 2. The number of hydrogen-bond acceptors (Lipinski definition) is 4. The molecule has 2 fully saturated rings. The number of piperidine rings is 2. The molecule has 1 aromatic heterocycles. The fourth-order valence-electron chi connectivity index (χ4n) is 4.03. The summed E-state index contributed by atoms with van der Waals surface area (Å²) in [6.45, 7) is 2.48. The van der Waals surface area contributed by atoms with Crippen molar-refractivity contribution >= 4 is 11.8 Å². The van der Waals surface area contributed by atoms with Gasteiger partial charge in [-0.15, -0.1) is 0 Å². The van der Waals surface area contributed by atoms with Gasteiger partial charge in [0.1, 0.15) is 0 Å². The van der Waals surface area contributed by atoms with Crippen molar-refractivity contribution in [1.29, 1.82) is 0 Å². The highest BCUT2D eigenvalue weighted by molar-refractivity contribution is 5.94. The van der Waals surface area contributed by atoms with Gasteiger partial charge in [-0.1, -0.05) is 0 Å². The van der Waals surface area contributed by atoms with Gasteiger partial charge >= 0.3 is 0 Å². The van der Waals surface area contributed by atoms with E-state index in [1.807, 2.05) is 9.80 Å². The third kappa shape index (κ3) is 3.29. The summed E-state index contributed by atoms with van der Waals surface area (Å²) in [7, 11) is 1.65. The van der Waals surface area contributed by atoms with E-state index in [-0.39, 0.29) is 17.4 Å². The van der Waals surface area contributed by atoms with Crippen LogP contribution in [0.2, 0.25) is 0 Å². The van der Waals surface area contributed by atoms with Crippen LogP contribution in [0.3, 0.4) is 0 Å². The van der Waals surface area contributed by atoms with E-state index >= 15 is 0 Å². The quantitative estimate of drug-likeness (QED) is 0.843. The second kappa shape index (κ2) is 7.30. The fourth-order valence-corrected chi connectivity index (χ4v) is 4.03. The van der Waals surface area contributed by atoms with Crippen LogP contribution in [-0.2, 0) is 9.53 Å². The number of amides is 2. The summed E-state index contributed by atoms with van der Waals surface area (Å²) >= 11 is 0. The maximum absolute atomic E-state index is 12.8. The summed E-state index contributed by atoms with van der Waals surface area (Å²) in [5, 5.41) is 0. The van der Waals surface area contributed by atoms with Gasteiger partial charge in [-0.2, -0.15) is 0 Å². The Bertz CT molecular complexity index is 588. The zero-order valence-corrected chi connectivity index (χ0v) is 14.2. The van der Waals surface area contributed by atoms with Crippen molar-refractivity contribution in [2.24, 2.45) is 0 Å². The lowest BCUT2D eigenvalue weighted by Gasteiger charge is -2.52. The lowest BCUT2D eigenvalue weighted by Crippen LogP contribution is -2.63. The Kier molecular flexibility index (Phi) is 5.14. The molecule has 6 nitrogen and oxygen atoms in total. The van der Waals surface area contributed by atoms with Gasteiger partial charge in [0.15, 0.2) is 0 Å². The minimum absolute atomic E-state index is 0.00638. The van der Waals surface area contributed by atoms with E-state index in [0.29, 0.717) is 31.7 Å². The molecule has 0 N–H and O–H groups in total. The molecular formula is C18H25N3O3. The topological polar surface area (TPSA) is 62.7 Å². The number of likely N-dealkylation sites (tertiary alicyclic amines) is 2. The smallest absolute Gasteiger partial charge is 0.255 e. The van der Waals surface area contributed by atoms with Crippen LogP contribution in [0.5, 0.6) is 0 Å². The van der Waals surface area contributed by atoms with E-state index in [1.54, 1.807) is 31.6 Å². The lowest BCUT2D eigenvalue weighted by atomic mass is 9.79. The highest BCUT2D eigenvalue weighted by atomic mass is 16.5. The number of hydrogen-bond donors (Lipinski definition) is 0. The van der Waals surface area contributed by atoms with E-state index in [0.717, 1.165) is 32.2 Å². The van der Waals surface area contributed by atoms with E-state index < -0.39 is 0 Å². The SMILES string of the molecule is COCCN1C(=O)CCC[C@]12CCCN(C(=O)c1cccnc1)C2. The molecule has 3 heterocycles. The van der Waals surface area contributed by atoms with Crippen molar-refractivity contribution in [3.8, 4) is 0 Å². The van der Waals surface area contributed by atoms with Crippen LogP contribution in [0.25, 0.3) is 0 Å². The van der Waals surface area contributed by atoms with Gasteiger partial charge in [0.25, 0.3) is 5.91 Å². The summed E-state index contributed by atoms with van der Waals surface area (Å²) in [6.07, 6.45) is 7.61. The molecule has 0 aliphatic carbocycles. The minimum atomic E-state index is -0.232. The van der Waals surface area contributed by atoms with Crippen LogP contribution in [0.1, 0.15) is 42.5 Å². The third-order valence-electron chi connectivity index (χ3n) is 5.18. The zero-order chi connectivity index (χ0) is 17.0. The van der Waals surface area contributed by atoms with E-state index in [9.17, 15) is 9.59 Å². The molecule has 0 saturated carbocycles. The summed E-state index contributed by atoms with van der Waals surface area (Å²) in [6, 6.07) is 3.58. The van der Waals surface area contributed by atoms with Gasteiger partial charge in [-0.25, -0.2) is 0 Å². The van der Waals surface area contributed by atoms with Gasteiger partial charge in [-0.05, 0) is 37.8 Å². The van der Waals surface area contributed by atoms with Crippen molar-refractivity contribution in [2.45, 2.75) is 37.6 Å². The first-order valence-corrected chi connectivity index (χ1v) is 8.65. The number of nitrogens with zero attached hydrogens (tertiary/aromatic N) is 3. The van der Waals surface area contributed by atoms with Gasteiger partial charge in [-0.3, -0.25) is 14.6 Å². The van der Waals surface area contributed by atoms with Crippen molar-refractivity contribution in [1.82, 2.24) is 14.8 Å². The van der Waals surface area contributed by atoms with Gasteiger partial charge in [0, 0.05) is 45.6 Å². The maximum Gasteiger partial charge on any atom is 0.255 e. The lowest BCUT2D eigenvalue weighted by molar-refractivity contribution is -0.146. The molecule has 2 saturated heterocycles. The predicted molar refractivity (Wildman–Crippen MR) is 89.5 cm³/mol. The highest BCUT2D eigenvalue weighted by Crippen LogP contribution is 2.37. The standard InChI is InChI=1S/C18H25N3O3/c1-24-12-11-21-16(22)6-2-7-18(21)8-4-10-20(14-18)17(23)15-5-3-9-19-13-15/h3,5,9,13H,2,4,6-8,10-12,14H2,1H3/t18-/m1/s1. The molecule has 2 amide bonds. The molecule has 2 aliphatic rings. The molecule has 2 aliphatic heterocycles. The molecule has 1 aromatic rings. The molecule has 6 heteroatoms. The Balaban J connectivity index is 1.79. The normalized spacial score (nSPS) is 24.5. The first-order chi connectivity index (χ1) is 11.7. The van der Waals surface area contributed by atoms with Gasteiger partial charge in [0.05, 0.1) is 17.7 Å². The Morgan fingerprint density at radius 2 is 2.21 bits per heavy atom. The second-order valence-corrected chi connectivity index (χ2v) is 6.69. The summed E-state index contributed by atoms with van der Waals surface area (Å²) in [5.41, 5.74) is 0.379. The Labute approximate surface area is 142 Å². The predicted octanol–water partition coefficient (Wildman–Crippen LogP) is 1.72. The average molecular weight is 331 g/mol. The molecule has 0 radical (unpaired) electrons. The van der Waals surface area contributed by atoms with E-state index in [1.165, 1.54) is 0 Å². The third-order valence-corrected chi connectivity index (χ3v) is 5.18. The number of methoxy groups -OCH3 is 1. The van der Waals surface area contributed by atoms with Crippen molar-refractivity contribution < 1.29 is 14.3 Å². The number of rotatable bonds is 4. The first kappa shape index (κ1) is 16.9. The van der Waals surface area contributed by atoms with Crippen LogP contribution in [0.15, 0.2) is 24.5 Å². The maximum atomic E-state index is 12.8. The van der Waals surface area contributed by atoms with E-state index in [2.05, 4.69) is 4.98 Å². The average Bonchev–Trinajstić information content (AvgIpc) is 2.62. The minimum Gasteiger partial charge on any atom is -0.383 e. The van der Waals surface area contributed by atoms with Crippen molar-refractivity contribution in [2.75, 3.05) is 33.4 Å². The van der Waals surface area contributed by atoms with Crippen molar-refractivity contribution in [3.05, 3.63) is 30.1 Å². The highest BCUT2D eigenvalue weighted by Gasteiger charge is 2.45. The van der Waals surface area contributed by atoms with E-state index in [4.69, 9.17) is 4.74 Å². The van der Waals surface area contributed by atoms with Crippen molar-refractivity contribution in [3.63, 3.8) is 0 Å². The summed E-state index contributed by atoms with van der Waals surface area (Å²) in [4.78, 5) is 33.2. The van der Waals surface area contributed by atoms with Crippen LogP contribution in [-0.4, -0.2) is 65.5 Å². The number of ether oxygens (including phenoxy) is 1. The van der Waals surface area contributed by atoms with Gasteiger partial charge in [0.2, 0.25) is 5.91 Å². The molecule has 0 bridgehead atoms. The second-order valence-electron chi connectivity index (χ2n) is 6.69. The Morgan fingerprint density at radius 3 is 2.96 bits per heavy atom. The monoisotopic (exact) mass is 331 g/mol. The molecule has 1 spiro atoms. The molecule has 3 rings (SSSR count). The number of pyridine rings is 1. The molecule has 0 aromatic carbocycles. The molecular weight excluding hydrogens is 306 g/mol.